The molecule has 0 saturated heterocycles. The van der Waals surface area contributed by atoms with Gasteiger partial charge in [0.25, 0.3) is 0 Å². The molecule has 1 atom stereocenters. The van der Waals surface area contributed by atoms with Crippen LogP contribution in [-0.4, -0.2) is 16.1 Å². The first-order chi connectivity index (χ1) is 5.25. The van der Waals surface area contributed by atoms with Crippen LogP contribution in [0, 0.1) is 0 Å². The van der Waals surface area contributed by atoms with Crippen LogP contribution in [-0.2, 0) is 7.05 Å². The third-order valence-corrected chi connectivity index (χ3v) is 1.81. The van der Waals surface area contributed by atoms with E-state index in [2.05, 4.69) is 24.1 Å². The molecule has 3 heteroatoms. The highest BCUT2D eigenvalue weighted by molar-refractivity contribution is 5.02. The van der Waals surface area contributed by atoms with Crippen LogP contribution in [0.5, 0.6) is 0 Å². The van der Waals surface area contributed by atoms with Crippen molar-refractivity contribution in [1.29, 1.82) is 0 Å². The predicted molar refractivity (Wildman–Crippen MR) is 45.3 cm³/mol. The molecule has 11 heavy (non-hydrogen) atoms. The molecule has 1 heterocycles. The summed E-state index contributed by atoms with van der Waals surface area (Å²) in [6, 6.07) is 0.396. The van der Waals surface area contributed by atoms with E-state index >= 15 is 0 Å². The first kappa shape index (κ1) is 8.27. The minimum atomic E-state index is 0.396. The van der Waals surface area contributed by atoms with Gasteiger partial charge in [0, 0.05) is 19.3 Å². The van der Waals surface area contributed by atoms with Gasteiger partial charge in [-0.1, -0.05) is 6.92 Å². The summed E-state index contributed by atoms with van der Waals surface area (Å²) < 4.78 is 2.04. The fourth-order valence-electron chi connectivity index (χ4n) is 1.20. The second-order valence-corrected chi connectivity index (χ2v) is 2.71. The molecule has 1 aromatic rings. The molecule has 0 bridgehead atoms. The normalized spacial score (nSPS) is 13.4. The van der Waals surface area contributed by atoms with Crippen LogP contribution in [0.15, 0.2) is 12.5 Å². The van der Waals surface area contributed by atoms with E-state index in [0.717, 1.165) is 6.54 Å². The molecule has 3 nitrogen and oxygen atoms in total. The number of hydrogen-bond donors (Lipinski definition) is 1. The molecule has 1 aromatic heterocycles. The zero-order valence-corrected chi connectivity index (χ0v) is 7.33. The van der Waals surface area contributed by atoms with Gasteiger partial charge in [0.15, 0.2) is 0 Å². The lowest BCUT2D eigenvalue weighted by atomic mass is 10.2. The first-order valence-electron chi connectivity index (χ1n) is 3.95. The standard InChI is InChI=1S/C8H15N3/c1-4-10-7(2)8-5-9-6-11(8)3/h5-7,10H,4H2,1-3H3. The third-order valence-electron chi connectivity index (χ3n) is 1.81. The van der Waals surface area contributed by atoms with E-state index in [4.69, 9.17) is 0 Å². The Morgan fingerprint density at radius 3 is 2.91 bits per heavy atom. The minimum absolute atomic E-state index is 0.396. The van der Waals surface area contributed by atoms with Crippen molar-refractivity contribution in [3.8, 4) is 0 Å². The number of nitrogens with one attached hydrogen (secondary N) is 1. The number of nitrogens with zero attached hydrogens (tertiary/aromatic N) is 2. The largest absolute Gasteiger partial charge is 0.336 e. The summed E-state index contributed by atoms with van der Waals surface area (Å²) in [7, 11) is 2.01. The van der Waals surface area contributed by atoms with E-state index in [0.29, 0.717) is 6.04 Å². The van der Waals surface area contributed by atoms with E-state index in [1.54, 1.807) is 0 Å². The number of rotatable bonds is 3. The molecule has 0 radical (unpaired) electrons. The Labute approximate surface area is 67.4 Å². The molecular formula is C8H15N3. The van der Waals surface area contributed by atoms with Crippen molar-refractivity contribution in [2.24, 2.45) is 7.05 Å². The van der Waals surface area contributed by atoms with Gasteiger partial charge < -0.3 is 9.88 Å². The molecule has 0 amide bonds. The number of aromatic nitrogens is 2. The summed E-state index contributed by atoms with van der Waals surface area (Å²) in [6.07, 6.45) is 3.72. The molecule has 0 aliphatic rings. The summed E-state index contributed by atoms with van der Waals surface area (Å²) in [5, 5.41) is 3.33. The number of aryl methyl sites for hydroxylation is 1. The van der Waals surface area contributed by atoms with Crippen LogP contribution < -0.4 is 5.32 Å². The summed E-state index contributed by atoms with van der Waals surface area (Å²) in [6.45, 7) is 5.24. The van der Waals surface area contributed by atoms with Crippen molar-refractivity contribution >= 4 is 0 Å². The number of hydrogen-bond acceptors (Lipinski definition) is 2. The molecule has 0 fully saturated rings. The third kappa shape index (κ3) is 1.80. The van der Waals surface area contributed by atoms with E-state index in [9.17, 15) is 0 Å². The zero-order chi connectivity index (χ0) is 8.27. The SMILES string of the molecule is CCNC(C)c1cncn1C. The van der Waals surface area contributed by atoms with E-state index in [-0.39, 0.29) is 0 Å². The van der Waals surface area contributed by atoms with Gasteiger partial charge in [-0.25, -0.2) is 4.98 Å². The Bertz CT molecular complexity index is 217. The topological polar surface area (TPSA) is 29.9 Å². The molecular weight excluding hydrogens is 138 g/mol. The van der Waals surface area contributed by atoms with Gasteiger partial charge in [-0.3, -0.25) is 0 Å². The summed E-state index contributed by atoms with van der Waals surface area (Å²) >= 11 is 0. The van der Waals surface area contributed by atoms with Crippen LogP contribution in [0.3, 0.4) is 0 Å². The van der Waals surface area contributed by atoms with Crippen molar-refractivity contribution in [3.63, 3.8) is 0 Å². The highest BCUT2D eigenvalue weighted by Gasteiger charge is 2.05. The Balaban J connectivity index is 2.67. The zero-order valence-electron chi connectivity index (χ0n) is 7.33. The van der Waals surface area contributed by atoms with Crippen LogP contribution in [0.4, 0.5) is 0 Å². The molecule has 0 aromatic carbocycles. The first-order valence-corrected chi connectivity index (χ1v) is 3.95. The van der Waals surface area contributed by atoms with Gasteiger partial charge in [0.05, 0.1) is 12.0 Å². The maximum Gasteiger partial charge on any atom is 0.0946 e. The summed E-state index contributed by atoms with van der Waals surface area (Å²) in [4.78, 5) is 4.05. The van der Waals surface area contributed by atoms with Gasteiger partial charge in [-0.15, -0.1) is 0 Å². The average molecular weight is 153 g/mol. The molecule has 1 N–H and O–H groups in total. The van der Waals surface area contributed by atoms with Crippen LogP contribution in [0.1, 0.15) is 25.6 Å². The molecule has 0 aliphatic carbocycles. The lowest BCUT2D eigenvalue weighted by molar-refractivity contribution is 0.564. The van der Waals surface area contributed by atoms with Crippen molar-refractivity contribution in [3.05, 3.63) is 18.2 Å². The van der Waals surface area contributed by atoms with Crippen molar-refractivity contribution in [1.82, 2.24) is 14.9 Å². The van der Waals surface area contributed by atoms with Gasteiger partial charge in [0.2, 0.25) is 0 Å². The molecule has 0 spiro atoms. The van der Waals surface area contributed by atoms with Crippen LogP contribution in [0.25, 0.3) is 0 Å². The monoisotopic (exact) mass is 153 g/mol. The fraction of sp³-hybridized carbons (Fsp3) is 0.625. The lowest BCUT2D eigenvalue weighted by Gasteiger charge is -2.11. The molecule has 62 valence electrons. The highest BCUT2D eigenvalue weighted by Crippen LogP contribution is 2.08. The smallest absolute Gasteiger partial charge is 0.0946 e. The summed E-state index contributed by atoms with van der Waals surface area (Å²) in [5.74, 6) is 0. The lowest BCUT2D eigenvalue weighted by Crippen LogP contribution is -2.19. The minimum Gasteiger partial charge on any atom is -0.336 e. The summed E-state index contributed by atoms with van der Waals surface area (Å²) in [5.41, 5.74) is 1.23. The fourth-order valence-corrected chi connectivity index (χ4v) is 1.20. The van der Waals surface area contributed by atoms with E-state index in [1.807, 2.05) is 24.1 Å². The van der Waals surface area contributed by atoms with E-state index in [1.165, 1.54) is 5.69 Å². The highest BCUT2D eigenvalue weighted by atomic mass is 15.1. The Kier molecular flexibility index (Phi) is 2.65. The molecule has 1 unspecified atom stereocenters. The van der Waals surface area contributed by atoms with Crippen LogP contribution >= 0.6 is 0 Å². The Morgan fingerprint density at radius 2 is 2.45 bits per heavy atom. The Morgan fingerprint density at radius 1 is 1.73 bits per heavy atom. The van der Waals surface area contributed by atoms with Gasteiger partial charge >= 0.3 is 0 Å². The quantitative estimate of drug-likeness (QED) is 0.704. The van der Waals surface area contributed by atoms with Crippen molar-refractivity contribution in [2.75, 3.05) is 6.54 Å². The van der Waals surface area contributed by atoms with Crippen molar-refractivity contribution in [2.45, 2.75) is 19.9 Å². The van der Waals surface area contributed by atoms with Crippen molar-refractivity contribution < 1.29 is 0 Å². The molecule has 0 aliphatic heterocycles. The maximum absolute atomic E-state index is 4.05. The second kappa shape index (κ2) is 3.53. The van der Waals surface area contributed by atoms with Crippen LogP contribution in [0.2, 0.25) is 0 Å². The number of imidazole rings is 1. The average Bonchev–Trinajstić information content (AvgIpc) is 2.36. The van der Waals surface area contributed by atoms with Gasteiger partial charge in [-0.05, 0) is 13.5 Å². The van der Waals surface area contributed by atoms with Gasteiger partial charge in [-0.2, -0.15) is 0 Å². The second-order valence-electron chi connectivity index (χ2n) is 2.71. The maximum atomic E-state index is 4.05. The molecule has 0 saturated carbocycles. The van der Waals surface area contributed by atoms with Gasteiger partial charge in [0.1, 0.15) is 0 Å². The predicted octanol–water partition coefficient (Wildman–Crippen LogP) is 1.09. The van der Waals surface area contributed by atoms with E-state index < -0.39 is 0 Å². The molecule has 1 rings (SSSR count). The Hall–Kier alpha value is -0.830.